The van der Waals surface area contributed by atoms with Crippen molar-refractivity contribution in [3.63, 3.8) is 0 Å². The first-order valence-electron chi connectivity index (χ1n) is 4.69. The van der Waals surface area contributed by atoms with Gasteiger partial charge in [-0.05, 0) is 0 Å². The maximum atomic E-state index is 11.7. The van der Waals surface area contributed by atoms with Gasteiger partial charge in [0.25, 0.3) is 0 Å². The van der Waals surface area contributed by atoms with Gasteiger partial charge in [0.1, 0.15) is 6.42 Å². The third-order valence-corrected chi connectivity index (χ3v) is 2.15. The third-order valence-electron chi connectivity index (χ3n) is 2.15. The zero-order valence-corrected chi connectivity index (χ0v) is 8.18. The largest absolute Gasteiger partial charge is 0.408 e. The second kappa shape index (κ2) is 4.26. The van der Waals surface area contributed by atoms with Crippen LogP contribution in [0.3, 0.4) is 0 Å². The highest BCUT2D eigenvalue weighted by molar-refractivity contribution is 5.77. The normalized spacial score (nSPS) is 16.7. The summed E-state index contributed by atoms with van der Waals surface area (Å²) in [7, 11) is 0. The van der Waals surface area contributed by atoms with Gasteiger partial charge in [-0.3, -0.25) is 4.79 Å². The Morgan fingerprint density at radius 3 is 2.73 bits per heavy atom. The van der Waals surface area contributed by atoms with E-state index in [2.05, 4.69) is 10.2 Å². The molecule has 2 N–H and O–H groups in total. The number of hydrogen-bond acceptors (Lipinski definition) is 6. The van der Waals surface area contributed by atoms with Crippen LogP contribution in [0, 0.1) is 0 Å². The molecule has 82 valence electrons. The van der Waals surface area contributed by atoms with E-state index in [1.165, 1.54) is 0 Å². The number of carbonyl (C=O) groups excluding carboxylic acids is 1. The summed E-state index contributed by atoms with van der Waals surface area (Å²) in [6.07, 6.45) is 0.101. The van der Waals surface area contributed by atoms with Gasteiger partial charge < -0.3 is 19.8 Å². The summed E-state index contributed by atoms with van der Waals surface area (Å²) in [5.41, 5.74) is 5.25. The lowest BCUT2D eigenvalue weighted by atomic mass is 10.3. The van der Waals surface area contributed by atoms with Crippen molar-refractivity contribution < 1.29 is 13.9 Å². The summed E-state index contributed by atoms with van der Waals surface area (Å²) in [5, 5.41) is 7.11. The van der Waals surface area contributed by atoms with Gasteiger partial charge in [0.2, 0.25) is 11.8 Å². The number of nitrogens with two attached hydrogens (primary N) is 1. The molecule has 0 unspecified atom stereocenters. The Bertz CT molecular complexity index is 345. The molecule has 1 aromatic heterocycles. The van der Waals surface area contributed by atoms with E-state index in [1.54, 1.807) is 4.90 Å². The molecule has 7 nitrogen and oxygen atoms in total. The van der Waals surface area contributed by atoms with Crippen molar-refractivity contribution in [2.45, 2.75) is 6.42 Å². The average Bonchev–Trinajstić information content (AvgIpc) is 2.65. The van der Waals surface area contributed by atoms with Crippen molar-refractivity contribution in [2.24, 2.45) is 0 Å². The number of nitrogen functional groups attached to an aromatic ring is 1. The van der Waals surface area contributed by atoms with Crippen LogP contribution < -0.4 is 5.73 Å². The number of carbonyl (C=O) groups is 1. The first-order chi connectivity index (χ1) is 7.25. The number of ether oxygens (including phenoxy) is 1. The maximum Gasteiger partial charge on any atom is 0.312 e. The predicted molar refractivity (Wildman–Crippen MR) is 49.8 cm³/mol. The Labute approximate surface area is 86.2 Å². The maximum absolute atomic E-state index is 11.7. The molecule has 0 atom stereocenters. The van der Waals surface area contributed by atoms with Crippen molar-refractivity contribution >= 4 is 11.9 Å². The fourth-order valence-corrected chi connectivity index (χ4v) is 1.39. The molecule has 0 radical (unpaired) electrons. The van der Waals surface area contributed by atoms with Crippen LogP contribution in [0.4, 0.5) is 6.01 Å². The van der Waals surface area contributed by atoms with E-state index < -0.39 is 0 Å². The molecule has 0 aliphatic carbocycles. The van der Waals surface area contributed by atoms with Gasteiger partial charge in [0.05, 0.1) is 13.2 Å². The summed E-state index contributed by atoms with van der Waals surface area (Å²) < 4.78 is 10.1. The van der Waals surface area contributed by atoms with Crippen LogP contribution in [0.15, 0.2) is 4.42 Å². The van der Waals surface area contributed by atoms with Gasteiger partial charge in [0, 0.05) is 13.1 Å². The van der Waals surface area contributed by atoms with Crippen LogP contribution >= 0.6 is 0 Å². The first-order valence-corrected chi connectivity index (χ1v) is 4.69. The molecule has 0 spiro atoms. The molecular weight excluding hydrogens is 200 g/mol. The molecule has 2 heterocycles. The second-order valence-electron chi connectivity index (χ2n) is 3.20. The average molecular weight is 212 g/mol. The smallest absolute Gasteiger partial charge is 0.312 e. The molecule has 1 amide bonds. The van der Waals surface area contributed by atoms with Crippen LogP contribution in [0.25, 0.3) is 0 Å². The van der Waals surface area contributed by atoms with Crippen LogP contribution in [-0.4, -0.2) is 47.3 Å². The van der Waals surface area contributed by atoms with Crippen LogP contribution in [0.2, 0.25) is 0 Å². The predicted octanol–water partition coefficient (Wildman–Crippen LogP) is -0.947. The third kappa shape index (κ3) is 2.44. The first kappa shape index (κ1) is 9.91. The number of aromatic nitrogens is 2. The quantitative estimate of drug-likeness (QED) is 0.679. The van der Waals surface area contributed by atoms with Crippen molar-refractivity contribution in [1.82, 2.24) is 15.1 Å². The van der Waals surface area contributed by atoms with Gasteiger partial charge in [-0.2, -0.15) is 0 Å². The van der Waals surface area contributed by atoms with Gasteiger partial charge in [-0.25, -0.2) is 0 Å². The lowest BCUT2D eigenvalue weighted by Crippen LogP contribution is -2.41. The van der Waals surface area contributed by atoms with Gasteiger partial charge >= 0.3 is 6.01 Å². The summed E-state index contributed by atoms with van der Waals surface area (Å²) in [6, 6.07) is -0.0141. The van der Waals surface area contributed by atoms with Gasteiger partial charge in [-0.1, -0.05) is 5.10 Å². The lowest BCUT2D eigenvalue weighted by Gasteiger charge is -2.26. The molecule has 0 saturated carbocycles. The standard InChI is InChI=1S/C8H12N4O3/c9-8-11-10-6(15-8)5-7(13)12-1-3-14-4-2-12/h1-5H2,(H2,9,11). The molecule has 1 aliphatic heterocycles. The number of rotatable bonds is 2. The van der Waals surface area contributed by atoms with E-state index in [0.29, 0.717) is 26.3 Å². The van der Waals surface area contributed by atoms with Crippen molar-refractivity contribution in [3.05, 3.63) is 5.89 Å². The Kier molecular flexibility index (Phi) is 2.82. The monoisotopic (exact) mass is 212 g/mol. The number of anilines is 1. The van der Waals surface area contributed by atoms with Gasteiger partial charge in [-0.15, -0.1) is 5.10 Å². The molecule has 2 rings (SSSR count). The summed E-state index contributed by atoms with van der Waals surface area (Å²) >= 11 is 0. The number of nitrogens with zero attached hydrogens (tertiary/aromatic N) is 3. The SMILES string of the molecule is Nc1nnc(CC(=O)N2CCOCC2)o1. The summed E-state index contributed by atoms with van der Waals surface area (Å²) in [4.78, 5) is 13.4. The minimum Gasteiger partial charge on any atom is -0.408 e. The Hall–Kier alpha value is -1.63. The van der Waals surface area contributed by atoms with E-state index in [1.807, 2.05) is 0 Å². The molecule has 1 aliphatic rings. The zero-order valence-electron chi connectivity index (χ0n) is 8.18. The van der Waals surface area contributed by atoms with Crippen molar-refractivity contribution in [3.8, 4) is 0 Å². The summed E-state index contributed by atoms with van der Waals surface area (Å²) in [5.74, 6) is 0.214. The molecule has 0 aromatic carbocycles. The van der Waals surface area contributed by atoms with Crippen LogP contribution in [-0.2, 0) is 16.0 Å². The van der Waals surface area contributed by atoms with E-state index in [9.17, 15) is 4.79 Å². The van der Waals surface area contributed by atoms with E-state index in [-0.39, 0.29) is 24.2 Å². The van der Waals surface area contributed by atoms with E-state index in [4.69, 9.17) is 14.9 Å². The number of morpholine rings is 1. The summed E-state index contributed by atoms with van der Waals surface area (Å²) in [6.45, 7) is 2.39. The second-order valence-corrected chi connectivity index (χ2v) is 3.20. The van der Waals surface area contributed by atoms with Crippen molar-refractivity contribution in [1.29, 1.82) is 0 Å². The molecule has 7 heteroatoms. The molecular formula is C8H12N4O3. The molecule has 0 bridgehead atoms. The molecule has 15 heavy (non-hydrogen) atoms. The number of amides is 1. The molecule has 1 saturated heterocycles. The van der Waals surface area contributed by atoms with Crippen molar-refractivity contribution in [2.75, 3.05) is 32.0 Å². The Balaban J connectivity index is 1.91. The van der Waals surface area contributed by atoms with E-state index in [0.717, 1.165) is 0 Å². The van der Waals surface area contributed by atoms with E-state index >= 15 is 0 Å². The Morgan fingerprint density at radius 2 is 2.13 bits per heavy atom. The molecule has 1 aromatic rings. The highest BCUT2D eigenvalue weighted by Gasteiger charge is 2.19. The van der Waals surface area contributed by atoms with Gasteiger partial charge in [0.15, 0.2) is 0 Å². The minimum absolute atomic E-state index is 0.0141. The lowest BCUT2D eigenvalue weighted by molar-refractivity contribution is -0.134. The highest BCUT2D eigenvalue weighted by Crippen LogP contribution is 2.05. The van der Waals surface area contributed by atoms with Crippen LogP contribution in [0.1, 0.15) is 5.89 Å². The fraction of sp³-hybridized carbons (Fsp3) is 0.625. The topological polar surface area (TPSA) is 94.5 Å². The highest BCUT2D eigenvalue weighted by atomic mass is 16.5. The minimum atomic E-state index is -0.0399. The number of hydrogen-bond donors (Lipinski definition) is 1. The zero-order chi connectivity index (χ0) is 10.7. The van der Waals surface area contributed by atoms with Crippen LogP contribution in [0.5, 0.6) is 0 Å². The Morgan fingerprint density at radius 1 is 1.40 bits per heavy atom. The fourth-order valence-electron chi connectivity index (χ4n) is 1.39. The molecule has 1 fully saturated rings.